The summed E-state index contributed by atoms with van der Waals surface area (Å²) >= 11 is 0. The molecule has 0 aliphatic carbocycles. The van der Waals surface area contributed by atoms with Crippen molar-refractivity contribution in [2.24, 2.45) is 0 Å². The Morgan fingerprint density at radius 1 is 1.42 bits per heavy atom. The molecule has 0 unspecified atom stereocenters. The third-order valence-corrected chi connectivity index (χ3v) is 1.08. The van der Waals surface area contributed by atoms with Crippen LogP contribution in [0.2, 0.25) is 0 Å². The molecule has 0 atom stereocenters. The van der Waals surface area contributed by atoms with Crippen molar-refractivity contribution >= 4 is 23.5 Å². The van der Waals surface area contributed by atoms with Gasteiger partial charge in [0.15, 0.2) is 0 Å². The van der Waals surface area contributed by atoms with E-state index in [1.54, 1.807) is 6.08 Å². The van der Waals surface area contributed by atoms with Gasteiger partial charge in [-0.05, 0) is 19.1 Å². The predicted octanol–water partition coefficient (Wildman–Crippen LogP) is -0.840. The fourth-order valence-corrected chi connectivity index (χ4v) is 0.688. The van der Waals surface area contributed by atoms with Gasteiger partial charge in [-0.15, -0.1) is 0 Å². The summed E-state index contributed by atoms with van der Waals surface area (Å²) in [6, 6.07) is 0. The van der Waals surface area contributed by atoms with Gasteiger partial charge in [0, 0.05) is 5.30 Å². The molecular formula is C8H15B3O. The minimum atomic E-state index is -0.151. The Morgan fingerprint density at radius 2 is 2.00 bits per heavy atom. The van der Waals surface area contributed by atoms with Crippen molar-refractivity contribution in [1.82, 2.24) is 0 Å². The fraction of sp³-hybridized carbons (Fsp3) is 0.250. The van der Waals surface area contributed by atoms with Crippen LogP contribution in [0.4, 0.5) is 0 Å². The molecule has 4 heteroatoms. The highest BCUT2D eigenvalue weighted by molar-refractivity contribution is 6.58. The minimum Gasteiger partial charge on any atom is -0.514 e. The normalized spacial score (nSPS) is 13.2. The van der Waals surface area contributed by atoms with Crippen molar-refractivity contribution in [3.8, 4) is 0 Å². The lowest BCUT2D eigenvalue weighted by atomic mass is 9.52. The van der Waals surface area contributed by atoms with E-state index < -0.39 is 0 Å². The minimum absolute atomic E-state index is 0.151. The summed E-state index contributed by atoms with van der Waals surface area (Å²) in [6.07, 6.45) is 7.50. The first-order valence-corrected chi connectivity index (χ1v) is 4.14. The van der Waals surface area contributed by atoms with Crippen LogP contribution in [0.1, 0.15) is 6.92 Å². The van der Waals surface area contributed by atoms with E-state index >= 15 is 0 Å². The third-order valence-electron chi connectivity index (χ3n) is 1.08. The Balaban J connectivity index is 4.28. The molecule has 0 aliphatic rings. The highest BCUT2D eigenvalue weighted by atomic mass is 16.5. The zero-order valence-corrected chi connectivity index (χ0v) is 8.42. The largest absolute Gasteiger partial charge is 0.514 e. The van der Waals surface area contributed by atoms with Crippen molar-refractivity contribution in [2.75, 3.05) is 0 Å². The average Bonchev–Trinajstić information content (AvgIpc) is 1.95. The van der Waals surface area contributed by atoms with Gasteiger partial charge in [-0.1, -0.05) is 18.7 Å². The Labute approximate surface area is 77.8 Å². The van der Waals surface area contributed by atoms with Crippen LogP contribution in [0.25, 0.3) is 0 Å². The van der Waals surface area contributed by atoms with Gasteiger partial charge >= 0.3 is 0 Å². The van der Waals surface area contributed by atoms with E-state index in [0.29, 0.717) is 0 Å². The lowest BCUT2D eigenvalue weighted by molar-refractivity contribution is 0.221. The lowest BCUT2D eigenvalue weighted by Crippen LogP contribution is -2.33. The maximum atomic E-state index is 5.58. The molecule has 0 aromatic rings. The molecule has 0 amide bonds. The molecule has 62 valence electrons. The molecule has 1 nitrogen and oxygen atoms in total. The molecule has 0 spiro atoms. The second-order valence-electron chi connectivity index (χ2n) is 3.51. The molecule has 0 heterocycles. The van der Waals surface area contributed by atoms with E-state index in [2.05, 4.69) is 6.58 Å². The van der Waals surface area contributed by atoms with Gasteiger partial charge in [0.2, 0.25) is 0 Å². The zero-order chi connectivity index (χ0) is 9.61. The SMILES string of the molecule is BC(B)(B)O/C(C=C)=C/C=C\C. The first-order chi connectivity index (χ1) is 5.49. The monoisotopic (exact) mass is 160 g/mol. The number of rotatable bonds is 4. The van der Waals surface area contributed by atoms with Gasteiger partial charge in [0.05, 0.1) is 0 Å². The van der Waals surface area contributed by atoms with Crippen molar-refractivity contribution in [3.63, 3.8) is 0 Å². The van der Waals surface area contributed by atoms with E-state index in [0.717, 1.165) is 5.76 Å². The summed E-state index contributed by atoms with van der Waals surface area (Å²) in [4.78, 5) is 0. The third kappa shape index (κ3) is 5.96. The van der Waals surface area contributed by atoms with E-state index in [1.165, 1.54) is 0 Å². The van der Waals surface area contributed by atoms with Gasteiger partial charge in [-0.25, -0.2) is 0 Å². The zero-order valence-electron chi connectivity index (χ0n) is 8.42. The standard InChI is InChI=1S/C8H15B3O/c1-3-5-6-7(4-2)12-8(9,10)11/h3-6H,2,9-11H2,1H3/b5-3-,7-6+. The highest BCUT2D eigenvalue weighted by Gasteiger charge is 2.11. The van der Waals surface area contributed by atoms with Crippen LogP contribution in [0, 0.1) is 0 Å². The molecule has 0 aromatic heterocycles. The quantitative estimate of drug-likeness (QED) is 0.295. The van der Waals surface area contributed by atoms with Crippen LogP contribution in [0.3, 0.4) is 0 Å². The van der Waals surface area contributed by atoms with E-state index in [1.807, 2.05) is 48.7 Å². The fourth-order valence-electron chi connectivity index (χ4n) is 0.688. The maximum Gasteiger partial charge on any atom is 0.135 e. The highest BCUT2D eigenvalue weighted by Crippen LogP contribution is 2.06. The summed E-state index contributed by atoms with van der Waals surface area (Å²) in [7, 11) is 6.04. The molecule has 0 N–H and O–H groups in total. The van der Waals surface area contributed by atoms with Crippen molar-refractivity contribution in [2.45, 2.75) is 12.2 Å². The first-order valence-electron chi connectivity index (χ1n) is 4.14. The number of ether oxygens (including phenoxy) is 1. The van der Waals surface area contributed by atoms with Gasteiger partial charge in [0.25, 0.3) is 0 Å². The summed E-state index contributed by atoms with van der Waals surface area (Å²) < 4.78 is 5.58. The molecular weight excluding hydrogens is 145 g/mol. The molecule has 0 saturated heterocycles. The Kier molecular flexibility index (Phi) is 4.64. The molecule has 0 rings (SSSR count). The number of hydrogen-bond acceptors (Lipinski definition) is 1. The van der Waals surface area contributed by atoms with E-state index in [9.17, 15) is 0 Å². The van der Waals surface area contributed by atoms with E-state index in [4.69, 9.17) is 4.74 Å². The second kappa shape index (κ2) is 4.97. The predicted molar refractivity (Wildman–Crippen MR) is 62.5 cm³/mol. The van der Waals surface area contributed by atoms with Gasteiger partial charge < -0.3 is 4.74 Å². The van der Waals surface area contributed by atoms with Crippen LogP contribution >= 0.6 is 0 Å². The first kappa shape index (κ1) is 11.2. The molecule has 0 radical (unpaired) electrons. The van der Waals surface area contributed by atoms with Gasteiger partial charge in [-0.3, -0.25) is 0 Å². The average molecular weight is 160 g/mol. The molecule has 0 aromatic carbocycles. The molecule has 0 saturated carbocycles. The van der Waals surface area contributed by atoms with Crippen molar-refractivity contribution in [1.29, 1.82) is 0 Å². The molecule has 0 aliphatic heterocycles. The topological polar surface area (TPSA) is 9.23 Å². The smallest absolute Gasteiger partial charge is 0.135 e. The summed E-state index contributed by atoms with van der Waals surface area (Å²) in [5, 5.41) is -0.151. The van der Waals surface area contributed by atoms with Crippen LogP contribution in [-0.4, -0.2) is 28.8 Å². The lowest BCUT2D eigenvalue weighted by Gasteiger charge is -2.22. The van der Waals surface area contributed by atoms with Crippen molar-refractivity contribution < 1.29 is 4.74 Å². The van der Waals surface area contributed by atoms with E-state index in [-0.39, 0.29) is 5.30 Å². The molecule has 12 heavy (non-hydrogen) atoms. The maximum absolute atomic E-state index is 5.58. The van der Waals surface area contributed by atoms with Crippen LogP contribution < -0.4 is 0 Å². The van der Waals surface area contributed by atoms with Gasteiger partial charge in [0.1, 0.15) is 29.3 Å². The second-order valence-corrected chi connectivity index (χ2v) is 3.51. The summed E-state index contributed by atoms with van der Waals surface area (Å²) in [5.74, 6) is 0.806. The Bertz CT molecular complexity index is 201. The number of allylic oxidation sites excluding steroid dienone is 4. The molecule has 0 fully saturated rings. The van der Waals surface area contributed by atoms with Crippen LogP contribution in [-0.2, 0) is 4.74 Å². The summed E-state index contributed by atoms with van der Waals surface area (Å²) in [5.41, 5.74) is 0. The number of hydrogen-bond donors (Lipinski definition) is 0. The molecule has 0 bridgehead atoms. The Morgan fingerprint density at radius 3 is 2.33 bits per heavy atom. The van der Waals surface area contributed by atoms with Crippen LogP contribution in [0.5, 0.6) is 0 Å². The summed E-state index contributed by atoms with van der Waals surface area (Å²) in [6.45, 7) is 5.64. The van der Waals surface area contributed by atoms with Gasteiger partial charge in [-0.2, -0.15) is 0 Å². The van der Waals surface area contributed by atoms with Crippen molar-refractivity contribution in [3.05, 3.63) is 36.6 Å². The Hall–Kier alpha value is -0.785. The van der Waals surface area contributed by atoms with Crippen LogP contribution in [0.15, 0.2) is 36.6 Å².